The summed E-state index contributed by atoms with van der Waals surface area (Å²) in [6.07, 6.45) is 3.86. The number of hydrogen-bond acceptors (Lipinski definition) is 9. The zero-order chi connectivity index (χ0) is 35.5. The van der Waals surface area contributed by atoms with Crippen LogP contribution in [-0.4, -0.2) is 78.6 Å². The molecule has 2 fully saturated rings. The average molecular weight is 764 g/mol. The van der Waals surface area contributed by atoms with Crippen LogP contribution in [0.4, 0.5) is 22.1 Å². The van der Waals surface area contributed by atoms with Gasteiger partial charge in [0.25, 0.3) is 5.91 Å². The van der Waals surface area contributed by atoms with Gasteiger partial charge in [0, 0.05) is 60.6 Å². The Morgan fingerprint density at radius 3 is 2.35 bits per heavy atom. The van der Waals surface area contributed by atoms with Crippen LogP contribution in [-0.2, 0) is 4.79 Å². The summed E-state index contributed by atoms with van der Waals surface area (Å²) >= 11 is 20.4. The number of hydrogen-bond donors (Lipinski definition) is 2. The van der Waals surface area contributed by atoms with Crippen LogP contribution in [0.2, 0.25) is 15.1 Å². The number of amides is 1. The van der Waals surface area contributed by atoms with Crippen LogP contribution in [0, 0.1) is 6.92 Å². The molecule has 4 aromatic rings. The van der Waals surface area contributed by atoms with Crippen LogP contribution in [0.5, 0.6) is 0 Å². The number of thiophene rings is 1. The highest BCUT2D eigenvalue weighted by Gasteiger charge is 2.34. The molecule has 266 valence electrons. The lowest BCUT2D eigenvalue weighted by Crippen LogP contribution is -2.47. The van der Waals surface area contributed by atoms with Gasteiger partial charge < -0.3 is 15.1 Å². The molecule has 2 saturated heterocycles. The molecule has 1 atom stereocenters. The molecule has 13 heteroatoms. The summed E-state index contributed by atoms with van der Waals surface area (Å²) < 4.78 is 0. The molecule has 51 heavy (non-hydrogen) atoms. The monoisotopic (exact) mass is 762 g/mol. The maximum Gasteiger partial charge on any atom is 0.281 e. The van der Waals surface area contributed by atoms with Crippen LogP contribution in [0.15, 0.2) is 82.9 Å². The Bertz CT molecular complexity index is 1930. The van der Waals surface area contributed by atoms with Crippen molar-refractivity contribution in [3.05, 3.63) is 104 Å². The van der Waals surface area contributed by atoms with Gasteiger partial charge in [0.2, 0.25) is 0 Å². The molecule has 1 unspecified atom stereocenters. The topological polar surface area (TPSA) is 78.8 Å². The van der Waals surface area contributed by atoms with E-state index in [4.69, 9.17) is 39.8 Å². The second-order valence-corrected chi connectivity index (χ2v) is 15.8. The van der Waals surface area contributed by atoms with E-state index in [9.17, 15) is 4.79 Å². The lowest BCUT2D eigenvalue weighted by molar-refractivity contribution is -0.119. The Hall–Kier alpha value is -3.64. The van der Waals surface area contributed by atoms with Gasteiger partial charge in [-0.3, -0.25) is 15.2 Å². The summed E-state index contributed by atoms with van der Waals surface area (Å²) in [5, 5.41) is 14.9. The predicted octanol–water partition coefficient (Wildman–Crippen LogP) is 8.91. The number of halogens is 3. The Labute approximate surface area is 318 Å². The molecule has 1 aromatic heterocycles. The van der Waals surface area contributed by atoms with E-state index in [-0.39, 0.29) is 11.9 Å². The zero-order valence-corrected chi connectivity index (χ0v) is 31.8. The number of amidine groups is 1. The zero-order valence-electron chi connectivity index (χ0n) is 28.7. The number of likely N-dealkylation sites (N-methyl/N-ethyl adjacent to an activating group) is 1. The number of hydrazone groups is 1. The molecule has 2 N–H and O–H groups in total. The molecular weight excluding hydrogens is 723 g/mol. The third-order valence-electron chi connectivity index (χ3n) is 9.48. The van der Waals surface area contributed by atoms with Crippen molar-refractivity contribution >= 4 is 85.7 Å². The van der Waals surface area contributed by atoms with Gasteiger partial charge in [-0.1, -0.05) is 65.5 Å². The average Bonchev–Trinajstić information content (AvgIpc) is 3.69. The van der Waals surface area contributed by atoms with Gasteiger partial charge in [-0.15, -0.1) is 11.3 Å². The molecule has 0 saturated carbocycles. The number of nitrogens with zero attached hydrogens (tertiary/aromatic N) is 6. The van der Waals surface area contributed by atoms with Crippen molar-refractivity contribution in [2.75, 3.05) is 56.6 Å². The van der Waals surface area contributed by atoms with E-state index in [0.717, 1.165) is 74.9 Å². The van der Waals surface area contributed by atoms with Crippen molar-refractivity contribution in [3.8, 4) is 0 Å². The summed E-state index contributed by atoms with van der Waals surface area (Å²) in [6, 6.07) is 23.2. The summed E-state index contributed by atoms with van der Waals surface area (Å²) in [6.45, 7) is 8.14. The second-order valence-electron chi connectivity index (χ2n) is 13.2. The Morgan fingerprint density at radius 1 is 0.882 bits per heavy atom. The van der Waals surface area contributed by atoms with Gasteiger partial charge >= 0.3 is 0 Å². The smallest absolute Gasteiger partial charge is 0.281 e. The van der Waals surface area contributed by atoms with Crippen molar-refractivity contribution in [3.63, 3.8) is 0 Å². The van der Waals surface area contributed by atoms with E-state index in [0.29, 0.717) is 32.9 Å². The van der Waals surface area contributed by atoms with E-state index in [1.54, 1.807) is 28.5 Å². The number of anilines is 3. The van der Waals surface area contributed by atoms with Crippen molar-refractivity contribution < 1.29 is 4.79 Å². The van der Waals surface area contributed by atoms with Crippen LogP contribution < -0.4 is 15.8 Å². The van der Waals surface area contributed by atoms with Gasteiger partial charge in [0.1, 0.15) is 16.5 Å². The molecule has 4 aliphatic rings. The largest absolute Gasteiger partial charge is 0.353 e. The molecule has 3 aromatic carbocycles. The number of benzene rings is 3. The fourth-order valence-electron chi connectivity index (χ4n) is 6.70. The molecule has 5 heterocycles. The molecule has 0 radical (unpaired) electrons. The van der Waals surface area contributed by atoms with Gasteiger partial charge in [-0.2, -0.15) is 5.10 Å². The van der Waals surface area contributed by atoms with E-state index in [1.807, 2.05) is 35.3 Å². The third-order valence-corrected chi connectivity index (χ3v) is 11.2. The molecule has 0 spiro atoms. The van der Waals surface area contributed by atoms with E-state index in [2.05, 4.69) is 69.9 Å². The van der Waals surface area contributed by atoms with E-state index >= 15 is 0 Å². The molecule has 9 nitrogen and oxygen atoms in total. The highest BCUT2D eigenvalue weighted by molar-refractivity contribution is 7.16. The van der Waals surface area contributed by atoms with Gasteiger partial charge in [0.15, 0.2) is 0 Å². The van der Waals surface area contributed by atoms with Crippen molar-refractivity contribution in [1.82, 2.24) is 20.2 Å². The molecule has 0 bridgehead atoms. The van der Waals surface area contributed by atoms with Crippen LogP contribution in [0.25, 0.3) is 0 Å². The fraction of sp³-hybridized carbons (Fsp3) is 0.342. The normalized spacial score (nSPS) is 19.1. The van der Waals surface area contributed by atoms with E-state index in [1.165, 1.54) is 21.9 Å². The quantitative estimate of drug-likeness (QED) is 0.216. The summed E-state index contributed by atoms with van der Waals surface area (Å²) in [5.41, 5.74) is 8.54. The first kappa shape index (κ1) is 35.7. The minimum absolute atomic E-state index is 0.159. The number of carbonyl (C=O) groups is 1. The van der Waals surface area contributed by atoms with Crippen molar-refractivity contribution in [1.29, 1.82) is 0 Å². The second kappa shape index (κ2) is 15.9. The standard InChI is InChI=1S/C21H21Cl3N4O.C17H20N4S/c22-15-6-4-14(5-7-15)20-13-18(21(29)26-27-10-2-1-3-11-27)25-28(20)19-9-8-16(23)12-17(19)24;1-12-11-13-16(21-9-7-20(2)8-10-21)18-14-5-3-4-6-15(14)19-17(13)22-12/h4-9,12,20H,1-3,10-11,13H2,(H,26,29);3-6,11,19H,7-10H2,1-2H3. The fourth-order valence-corrected chi connectivity index (χ4v) is 8.24. The molecule has 4 aliphatic heterocycles. The number of piperazine rings is 1. The maximum atomic E-state index is 12.9. The Morgan fingerprint density at radius 2 is 1.61 bits per heavy atom. The van der Waals surface area contributed by atoms with Crippen molar-refractivity contribution in [2.24, 2.45) is 10.1 Å². The minimum atomic E-state index is -0.168. The number of aliphatic imine (C=N–C) groups is 1. The van der Waals surface area contributed by atoms with Crippen LogP contribution >= 0.6 is 46.1 Å². The Kier molecular flexibility index (Phi) is 11.2. The number of nitrogens with one attached hydrogen (secondary N) is 2. The first-order valence-electron chi connectivity index (χ1n) is 17.3. The minimum Gasteiger partial charge on any atom is -0.353 e. The molecule has 0 aliphatic carbocycles. The van der Waals surface area contributed by atoms with Gasteiger partial charge in [0.05, 0.1) is 33.7 Å². The number of para-hydroxylation sites is 2. The Balaban J connectivity index is 0.000000165. The highest BCUT2D eigenvalue weighted by atomic mass is 35.5. The summed E-state index contributed by atoms with van der Waals surface area (Å²) in [4.78, 5) is 24.0. The van der Waals surface area contributed by atoms with E-state index < -0.39 is 0 Å². The first-order chi connectivity index (χ1) is 24.7. The predicted molar refractivity (Wildman–Crippen MR) is 213 cm³/mol. The van der Waals surface area contributed by atoms with Gasteiger partial charge in [-0.25, -0.2) is 10.0 Å². The molecular formula is C38H41Cl3N8OS. The van der Waals surface area contributed by atoms with Crippen molar-refractivity contribution in [2.45, 2.75) is 38.6 Å². The summed E-state index contributed by atoms with van der Waals surface area (Å²) in [5.74, 6) is 0.948. The molecule has 8 rings (SSSR count). The van der Waals surface area contributed by atoms with Crippen LogP contribution in [0.3, 0.4) is 0 Å². The summed E-state index contributed by atoms with van der Waals surface area (Å²) in [7, 11) is 2.18. The number of fused-ring (bicyclic) bond motifs is 2. The number of piperidine rings is 1. The number of rotatable bonds is 4. The van der Waals surface area contributed by atoms with Crippen LogP contribution in [0.1, 0.15) is 47.7 Å². The molecule has 1 amide bonds. The highest BCUT2D eigenvalue weighted by Crippen LogP contribution is 2.41. The lowest BCUT2D eigenvalue weighted by Gasteiger charge is -2.34. The number of hydrazine groups is 1. The third kappa shape index (κ3) is 8.38. The lowest BCUT2D eigenvalue weighted by atomic mass is 10.0. The number of aryl methyl sites for hydroxylation is 1. The first-order valence-corrected chi connectivity index (χ1v) is 19.3. The maximum absolute atomic E-state index is 12.9. The van der Waals surface area contributed by atoms with Gasteiger partial charge in [-0.05, 0) is 80.9 Å². The SMILES string of the molecule is Cc1cc2c(s1)Nc1ccccc1N=C2N1CCN(C)CC1.O=C(NN1CCCCC1)C1=NN(c2ccc(Cl)cc2Cl)C(c2ccc(Cl)cc2)C1. The number of carbonyl (C=O) groups excluding carboxylic acids is 1.